The molecule has 0 aromatic carbocycles. The van der Waals surface area contributed by atoms with Gasteiger partial charge in [0.1, 0.15) is 0 Å². The Hall–Kier alpha value is -1.06. The van der Waals surface area contributed by atoms with E-state index in [1.807, 2.05) is 0 Å². The molecule has 0 spiro atoms. The van der Waals surface area contributed by atoms with E-state index in [0.717, 1.165) is 11.5 Å². The van der Waals surface area contributed by atoms with Crippen molar-refractivity contribution in [3.05, 3.63) is 0 Å². The monoisotopic (exact) mass is 305 g/mol. The number of nitrogens with zero attached hydrogens (tertiary/aromatic N) is 2. The van der Waals surface area contributed by atoms with Crippen LogP contribution in [0, 0.1) is 5.41 Å². The Morgan fingerprint density at radius 2 is 2.11 bits per heavy atom. The quantitative estimate of drug-likeness (QED) is 0.879. The number of nitrogens with one attached hydrogen (secondary N) is 1. The Balaban J connectivity index is 2.12. The molecule has 0 atom stereocenters. The average Bonchev–Trinajstić information content (AvgIpc) is 2.74. The molecule has 7 nitrogen and oxygen atoms in total. The van der Waals surface area contributed by atoms with Gasteiger partial charge >= 0.3 is 0 Å². The Kier molecular flexibility index (Phi) is 3.63. The molecular formula is C10H15N3O4S2. The van der Waals surface area contributed by atoms with E-state index >= 15 is 0 Å². The van der Waals surface area contributed by atoms with Gasteiger partial charge in [0.2, 0.25) is 20.9 Å². The summed E-state index contributed by atoms with van der Waals surface area (Å²) < 4.78 is 32.5. The van der Waals surface area contributed by atoms with Crippen molar-refractivity contribution in [2.75, 3.05) is 18.5 Å². The molecule has 0 radical (unpaired) electrons. The molecule has 1 aliphatic heterocycles. The Bertz CT molecular complexity index is 590. The first-order valence-corrected chi connectivity index (χ1v) is 8.04. The van der Waals surface area contributed by atoms with Crippen molar-refractivity contribution in [3.63, 3.8) is 0 Å². The largest absolute Gasteiger partial charge is 0.379 e. The van der Waals surface area contributed by atoms with Crippen LogP contribution in [0.15, 0.2) is 5.16 Å². The molecule has 0 unspecified atom stereocenters. The van der Waals surface area contributed by atoms with Crippen molar-refractivity contribution < 1.29 is 17.9 Å². The topological polar surface area (TPSA) is 98.2 Å². The summed E-state index contributed by atoms with van der Waals surface area (Å²) in [6.07, 6.45) is 0. The number of rotatable bonds is 4. The fraction of sp³-hybridized carbons (Fsp3) is 0.700. The predicted molar refractivity (Wildman–Crippen MR) is 69.8 cm³/mol. The van der Waals surface area contributed by atoms with E-state index in [2.05, 4.69) is 14.7 Å². The zero-order chi connectivity index (χ0) is 14.3. The number of ether oxygens (including phenoxy) is 1. The number of amides is 1. The highest BCUT2D eigenvalue weighted by Crippen LogP contribution is 2.28. The van der Waals surface area contributed by atoms with E-state index in [1.165, 1.54) is 0 Å². The van der Waals surface area contributed by atoms with Crippen LogP contribution < -0.4 is 5.32 Å². The summed E-state index contributed by atoms with van der Waals surface area (Å²) in [6, 6.07) is 0. The van der Waals surface area contributed by atoms with E-state index in [0.29, 0.717) is 13.2 Å². The van der Waals surface area contributed by atoms with Crippen molar-refractivity contribution in [1.29, 1.82) is 0 Å². The van der Waals surface area contributed by atoms with Gasteiger partial charge in [-0.25, -0.2) is 8.42 Å². The maximum absolute atomic E-state index is 11.9. The van der Waals surface area contributed by atoms with Gasteiger partial charge in [-0.05, 0) is 20.8 Å². The first kappa shape index (κ1) is 14.4. The number of aromatic nitrogens is 2. The van der Waals surface area contributed by atoms with Crippen LogP contribution in [0.3, 0.4) is 0 Å². The molecule has 0 bridgehead atoms. The highest BCUT2D eigenvalue weighted by Gasteiger charge is 2.41. The molecule has 9 heteroatoms. The molecule has 1 saturated heterocycles. The number of sulfone groups is 1. The Morgan fingerprint density at radius 3 is 2.58 bits per heavy atom. The molecule has 1 N–H and O–H groups in total. The maximum atomic E-state index is 11.9. The third-order valence-corrected chi connectivity index (χ3v) is 5.57. The zero-order valence-electron chi connectivity index (χ0n) is 10.8. The molecule has 0 saturated carbocycles. The van der Waals surface area contributed by atoms with Gasteiger partial charge in [0, 0.05) is 11.5 Å². The van der Waals surface area contributed by atoms with Gasteiger partial charge < -0.3 is 10.1 Å². The Morgan fingerprint density at radius 1 is 1.47 bits per heavy atom. The minimum absolute atomic E-state index is 0.192. The molecule has 1 aromatic heterocycles. The minimum atomic E-state index is -3.51. The second-order valence-electron chi connectivity index (χ2n) is 4.98. The molecular weight excluding hydrogens is 290 g/mol. The molecule has 2 rings (SSSR count). The predicted octanol–water partition coefficient (Wildman–Crippen LogP) is 0.695. The third-order valence-electron chi connectivity index (χ3n) is 2.89. The summed E-state index contributed by atoms with van der Waals surface area (Å²) in [5.74, 6) is -0.233. The third kappa shape index (κ3) is 2.63. The SMILES string of the molecule is CC(C)S(=O)(=O)c1nsc(NC(=O)C2(C)COC2)n1. The van der Waals surface area contributed by atoms with Crippen LogP contribution in [0.2, 0.25) is 0 Å². The molecule has 1 aliphatic rings. The lowest BCUT2D eigenvalue weighted by molar-refractivity contribution is -0.151. The summed E-state index contributed by atoms with van der Waals surface area (Å²) >= 11 is 0.860. The van der Waals surface area contributed by atoms with Crippen molar-refractivity contribution in [3.8, 4) is 0 Å². The number of carbonyl (C=O) groups is 1. The van der Waals surface area contributed by atoms with Gasteiger partial charge in [0.25, 0.3) is 5.16 Å². The molecule has 1 aromatic rings. The number of hydrogen-bond donors (Lipinski definition) is 1. The van der Waals surface area contributed by atoms with Crippen LogP contribution in [-0.2, 0) is 19.4 Å². The second-order valence-corrected chi connectivity index (χ2v) is 8.13. The number of anilines is 1. The average molecular weight is 305 g/mol. The summed E-state index contributed by atoms with van der Waals surface area (Å²) in [5.41, 5.74) is -0.567. The lowest BCUT2D eigenvalue weighted by Crippen LogP contribution is -2.49. The molecule has 2 heterocycles. The van der Waals surface area contributed by atoms with Crippen molar-refractivity contribution >= 4 is 32.4 Å². The second kappa shape index (κ2) is 4.80. The van der Waals surface area contributed by atoms with Crippen LogP contribution in [0.4, 0.5) is 5.13 Å². The molecule has 0 aliphatic carbocycles. The van der Waals surface area contributed by atoms with E-state index in [-0.39, 0.29) is 16.2 Å². The smallest absolute Gasteiger partial charge is 0.261 e. The molecule has 1 amide bonds. The van der Waals surface area contributed by atoms with Gasteiger partial charge in [-0.2, -0.15) is 9.36 Å². The number of hydrogen-bond acceptors (Lipinski definition) is 7. The molecule has 106 valence electrons. The Labute approximate surface area is 115 Å². The summed E-state index contributed by atoms with van der Waals surface area (Å²) in [7, 11) is -3.51. The zero-order valence-corrected chi connectivity index (χ0v) is 12.5. The van der Waals surface area contributed by atoms with Gasteiger partial charge in [-0.3, -0.25) is 4.79 Å². The van der Waals surface area contributed by atoms with Gasteiger partial charge in [0.05, 0.1) is 23.9 Å². The normalized spacial score (nSPS) is 18.1. The first-order valence-electron chi connectivity index (χ1n) is 5.72. The lowest BCUT2D eigenvalue weighted by atomic mass is 9.88. The summed E-state index contributed by atoms with van der Waals surface area (Å²) in [6.45, 7) is 5.60. The van der Waals surface area contributed by atoms with Crippen LogP contribution in [0.5, 0.6) is 0 Å². The van der Waals surface area contributed by atoms with E-state index in [1.54, 1.807) is 20.8 Å². The van der Waals surface area contributed by atoms with Crippen molar-refractivity contribution in [1.82, 2.24) is 9.36 Å². The summed E-state index contributed by atoms with van der Waals surface area (Å²) in [5, 5.41) is 1.94. The molecule has 1 fully saturated rings. The summed E-state index contributed by atoms with van der Waals surface area (Å²) in [4.78, 5) is 15.8. The fourth-order valence-electron chi connectivity index (χ4n) is 1.37. The van der Waals surface area contributed by atoms with Crippen molar-refractivity contribution in [2.24, 2.45) is 5.41 Å². The standard InChI is InChI=1S/C10H15N3O4S2/c1-6(2)19(15,16)9-12-8(18-13-9)11-7(14)10(3)4-17-5-10/h6H,4-5H2,1-3H3,(H,11,12,13,14). The molecule has 19 heavy (non-hydrogen) atoms. The maximum Gasteiger partial charge on any atom is 0.261 e. The lowest BCUT2D eigenvalue weighted by Gasteiger charge is -2.35. The highest BCUT2D eigenvalue weighted by molar-refractivity contribution is 7.91. The van der Waals surface area contributed by atoms with Crippen molar-refractivity contribution in [2.45, 2.75) is 31.2 Å². The van der Waals surface area contributed by atoms with Crippen LogP contribution in [-0.4, -0.2) is 42.1 Å². The van der Waals surface area contributed by atoms with Gasteiger partial charge in [-0.15, -0.1) is 0 Å². The number of carbonyl (C=O) groups excluding carboxylic acids is 1. The van der Waals surface area contributed by atoms with Gasteiger partial charge in [-0.1, -0.05) is 0 Å². The van der Waals surface area contributed by atoms with Crippen LogP contribution in [0.25, 0.3) is 0 Å². The van der Waals surface area contributed by atoms with E-state index in [9.17, 15) is 13.2 Å². The van der Waals surface area contributed by atoms with E-state index in [4.69, 9.17) is 4.74 Å². The highest BCUT2D eigenvalue weighted by atomic mass is 32.2. The first-order chi connectivity index (χ1) is 8.75. The van der Waals surface area contributed by atoms with Gasteiger partial charge in [0.15, 0.2) is 0 Å². The van der Waals surface area contributed by atoms with E-state index < -0.39 is 20.5 Å². The van der Waals surface area contributed by atoms with Crippen LogP contribution in [0.1, 0.15) is 20.8 Å². The fourth-order valence-corrected chi connectivity index (χ4v) is 3.07. The van der Waals surface area contributed by atoms with Crippen LogP contribution >= 0.6 is 11.5 Å². The minimum Gasteiger partial charge on any atom is -0.379 e.